The molecule has 0 saturated heterocycles. The largest absolute Gasteiger partial charge is 0.304 e. The number of aryl methyl sites for hydroxylation is 2. The number of anilines is 1. The molecule has 0 saturated carbocycles. The number of hydrogen-bond acceptors (Lipinski definition) is 3. The molecule has 0 fully saturated rings. The van der Waals surface area contributed by atoms with Gasteiger partial charge in [0, 0.05) is 25.5 Å². The molecule has 22 heavy (non-hydrogen) atoms. The summed E-state index contributed by atoms with van der Waals surface area (Å²) < 4.78 is 3.33. The number of nitrogens with zero attached hydrogens (tertiary/aromatic N) is 4. The van der Waals surface area contributed by atoms with Gasteiger partial charge in [-0.3, -0.25) is 14.2 Å². The molecule has 6 nitrogen and oxygen atoms in total. The standard InChI is InChI=1S/C16H17N5O/c1-12-5-3-4-6-13(12)11-21-10-8-15(19-21)18-16(22)14-7-9-17-20(14)2/h3-10H,11H2,1-2H3,(H,18,19,22). The van der Waals surface area contributed by atoms with E-state index in [4.69, 9.17) is 0 Å². The average molecular weight is 295 g/mol. The minimum atomic E-state index is -0.221. The number of hydrogen-bond donors (Lipinski definition) is 1. The minimum Gasteiger partial charge on any atom is -0.304 e. The Labute approximate surface area is 128 Å². The van der Waals surface area contributed by atoms with E-state index in [0.717, 1.165) is 0 Å². The smallest absolute Gasteiger partial charge is 0.275 e. The summed E-state index contributed by atoms with van der Waals surface area (Å²) in [5, 5.41) is 11.1. The van der Waals surface area contributed by atoms with Gasteiger partial charge >= 0.3 is 0 Å². The first-order valence-electron chi connectivity index (χ1n) is 7.01. The van der Waals surface area contributed by atoms with Crippen molar-refractivity contribution in [3.63, 3.8) is 0 Å². The van der Waals surface area contributed by atoms with E-state index in [1.165, 1.54) is 15.8 Å². The summed E-state index contributed by atoms with van der Waals surface area (Å²) in [6.45, 7) is 2.75. The Morgan fingerprint density at radius 1 is 1.23 bits per heavy atom. The monoisotopic (exact) mass is 295 g/mol. The third-order valence-electron chi connectivity index (χ3n) is 3.53. The molecule has 1 N–H and O–H groups in total. The normalized spacial score (nSPS) is 10.6. The van der Waals surface area contributed by atoms with Gasteiger partial charge in [0.15, 0.2) is 5.82 Å². The number of carbonyl (C=O) groups is 1. The summed E-state index contributed by atoms with van der Waals surface area (Å²) in [7, 11) is 1.73. The quantitative estimate of drug-likeness (QED) is 0.802. The van der Waals surface area contributed by atoms with Crippen LogP contribution in [0.5, 0.6) is 0 Å². The van der Waals surface area contributed by atoms with Crippen LogP contribution in [0.2, 0.25) is 0 Å². The summed E-state index contributed by atoms with van der Waals surface area (Å²) in [5.74, 6) is 0.306. The molecule has 3 rings (SSSR count). The van der Waals surface area contributed by atoms with Gasteiger partial charge in [-0.25, -0.2) is 0 Å². The number of nitrogens with one attached hydrogen (secondary N) is 1. The zero-order valence-corrected chi connectivity index (χ0v) is 12.5. The molecule has 0 radical (unpaired) electrons. The van der Waals surface area contributed by atoms with Crippen LogP contribution in [0.3, 0.4) is 0 Å². The van der Waals surface area contributed by atoms with Gasteiger partial charge in [0.05, 0.1) is 6.54 Å². The van der Waals surface area contributed by atoms with E-state index in [2.05, 4.69) is 34.6 Å². The third-order valence-corrected chi connectivity index (χ3v) is 3.53. The van der Waals surface area contributed by atoms with Crippen LogP contribution < -0.4 is 5.32 Å². The summed E-state index contributed by atoms with van der Waals surface area (Å²) in [6, 6.07) is 11.6. The van der Waals surface area contributed by atoms with E-state index in [0.29, 0.717) is 18.1 Å². The lowest BCUT2D eigenvalue weighted by atomic mass is 10.1. The Morgan fingerprint density at radius 2 is 2.05 bits per heavy atom. The maximum Gasteiger partial charge on any atom is 0.275 e. The molecule has 0 atom stereocenters. The maximum absolute atomic E-state index is 12.1. The zero-order chi connectivity index (χ0) is 15.5. The number of rotatable bonds is 4. The molecule has 1 aromatic carbocycles. The van der Waals surface area contributed by atoms with Crippen molar-refractivity contribution in [2.75, 3.05) is 5.32 Å². The molecule has 0 aliphatic rings. The van der Waals surface area contributed by atoms with Gasteiger partial charge in [-0.15, -0.1) is 0 Å². The molecular formula is C16H17N5O. The molecule has 0 unspecified atom stereocenters. The van der Waals surface area contributed by atoms with Gasteiger partial charge in [0.25, 0.3) is 5.91 Å². The molecule has 0 aliphatic heterocycles. The first kappa shape index (κ1) is 14.1. The summed E-state index contributed by atoms with van der Waals surface area (Å²) in [6.07, 6.45) is 3.44. The predicted octanol–water partition coefficient (Wildman–Crippen LogP) is 2.23. The number of benzene rings is 1. The lowest BCUT2D eigenvalue weighted by Crippen LogP contribution is -2.16. The molecule has 3 aromatic rings. The maximum atomic E-state index is 12.1. The van der Waals surface area contributed by atoms with Gasteiger partial charge in [0.1, 0.15) is 5.69 Å². The molecule has 2 heterocycles. The van der Waals surface area contributed by atoms with Gasteiger partial charge < -0.3 is 5.32 Å². The van der Waals surface area contributed by atoms with E-state index >= 15 is 0 Å². The fraction of sp³-hybridized carbons (Fsp3) is 0.188. The van der Waals surface area contributed by atoms with E-state index in [9.17, 15) is 4.79 Å². The zero-order valence-electron chi connectivity index (χ0n) is 12.5. The van der Waals surface area contributed by atoms with Crippen LogP contribution in [-0.4, -0.2) is 25.5 Å². The Kier molecular flexibility index (Phi) is 3.74. The van der Waals surface area contributed by atoms with Crippen molar-refractivity contribution in [3.8, 4) is 0 Å². The van der Waals surface area contributed by atoms with Crippen molar-refractivity contribution in [2.45, 2.75) is 13.5 Å². The summed E-state index contributed by atoms with van der Waals surface area (Å²) in [5.41, 5.74) is 2.92. The van der Waals surface area contributed by atoms with Crippen LogP contribution >= 0.6 is 0 Å². The second kappa shape index (κ2) is 5.85. The van der Waals surface area contributed by atoms with Gasteiger partial charge in [-0.1, -0.05) is 24.3 Å². The van der Waals surface area contributed by atoms with Crippen molar-refractivity contribution >= 4 is 11.7 Å². The van der Waals surface area contributed by atoms with Crippen molar-refractivity contribution < 1.29 is 4.79 Å². The van der Waals surface area contributed by atoms with Crippen molar-refractivity contribution in [3.05, 3.63) is 65.6 Å². The Bertz CT molecular complexity index is 802. The average Bonchev–Trinajstić information content (AvgIpc) is 3.10. The third kappa shape index (κ3) is 2.90. The minimum absolute atomic E-state index is 0.221. The topological polar surface area (TPSA) is 64.7 Å². The van der Waals surface area contributed by atoms with Crippen LogP contribution in [0.4, 0.5) is 5.82 Å². The van der Waals surface area contributed by atoms with Crippen LogP contribution in [0, 0.1) is 6.92 Å². The van der Waals surface area contributed by atoms with E-state index < -0.39 is 0 Å². The fourth-order valence-electron chi connectivity index (χ4n) is 2.26. The van der Waals surface area contributed by atoms with Gasteiger partial charge in [-0.05, 0) is 24.1 Å². The highest BCUT2D eigenvalue weighted by Crippen LogP contribution is 2.11. The van der Waals surface area contributed by atoms with Crippen molar-refractivity contribution in [1.82, 2.24) is 19.6 Å². The number of carbonyl (C=O) groups excluding carboxylic acids is 1. The van der Waals surface area contributed by atoms with Crippen LogP contribution in [-0.2, 0) is 13.6 Å². The number of amides is 1. The molecule has 0 bridgehead atoms. The molecule has 112 valence electrons. The van der Waals surface area contributed by atoms with Crippen molar-refractivity contribution in [2.24, 2.45) is 7.05 Å². The lowest BCUT2D eigenvalue weighted by molar-refractivity contribution is 0.101. The molecule has 6 heteroatoms. The molecular weight excluding hydrogens is 278 g/mol. The second-order valence-electron chi connectivity index (χ2n) is 5.12. The predicted molar refractivity (Wildman–Crippen MR) is 83.7 cm³/mol. The highest BCUT2D eigenvalue weighted by atomic mass is 16.2. The summed E-state index contributed by atoms with van der Waals surface area (Å²) >= 11 is 0. The Balaban J connectivity index is 1.70. The lowest BCUT2D eigenvalue weighted by Gasteiger charge is -2.05. The fourth-order valence-corrected chi connectivity index (χ4v) is 2.26. The highest BCUT2D eigenvalue weighted by Gasteiger charge is 2.11. The van der Waals surface area contributed by atoms with Gasteiger partial charge in [-0.2, -0.15) is 10.2 Å². The Hall–Kier alpha value is -2.89. The van der Waals surface area contributed by atoms with Gasteiger partial charge in [0.2, 0.25) is 0 Å². The highest BCUT2D eigenvalue weighted by molar-refractivity contribution is 6.02. The molecule has 1 amide bonds. The molecule has 0 spiro atoms. The molecule has 2 aromatic heterocycles. The van der Waals surface area contributed by atoms with E-state index in [1.54, 1.807) is 30.1 Å². The number of aromatic nitrogens is 4. The SMILES string of the molecule is Cc1ccccc1Cn1ccc(NC(=O)c2ccnn2C)n1. The van der Waals surface area contributed by atoms with Crippen molar-refractivity contribution in [1.29, 1.82) is 0 Å². The van der Waals surface area contributed by atoms with Crippen LogP contribution in [0.15, 0.2) is 48.8 Å². The first-order chi connectivity index (χ1) is 10.6. The summed E-state index contributed by atoms with van der Waals surface area (Å²) in [4.78, 5) is 12.1. The van der Waals surface area contributed by atoms with E-state index in [1.807, 2.05) is 18.3 Å². The molecule has 0 aliphatic carbocycles. The van der Waals surface area contributed by atoms with Crippen LogP contribution in [0.1, 0.15) is 21.6 Å². The second-order valence-corrected chi connectivity index (χ2v) is 5.12. The van der Waals surface area contributed by atoms with Crippen LogP contribution in [0.25, 0.3) is 0 Å². The van der Waals surface area contributed by atoms with E-state index in [-0.39, 0.29) is 5.91 Å². The Morgan fingerprint density at radius 3 is 2.77 bits per heavy atom. The first-order valence-corrected chi connectivity index (χ1v) is 7.01.